The van der Waals surface area contributed by atoms with Crippen LogP contribution in [0.2, 0.25) is 0 Å². The lowest BCUT2D eigenvalue weighted by Gasteiger charge is -2.26. The first kappa shape index (κ1) is 36.1. The van der Waals surface area contributed by atoms with Crippen LogP contribution < -0.4 is 0 Å². The van der Waals surface area contributed by atoms with Crippen LogP contribution in [0.25, 0.3) is 81.7 Å². The first-order chi connectivity index (χ1) is 30.9. The Morgan fingerprint density at radius 2 is 1.22 bits per heavy atom. The molecule has 0 aliphatic heterocycles. The lowest BCUT2D eigenvalue weighted by atomic mass is 9.77. The second-order valence-corrected chi connectivity index (χ2v) is 18.3. The third-order valence-electron chi connectivity index (χ3n) is 14.6. The lowest BCUT2D eigenvalue weighted by Crippen LogP contribution is -2.18. The van der Waals surface area contributed by atoms with Gasteiger partial charge in [0.05, 0.1) is 17.0 Å². The molecule has 298 valence electrons. The quantitative estimate of drug-likeness (QED) is 0.125. The molecule has 0 spiro atoms. The molecular formula is C61H43NO. The van der Waals surface area contributed by atoms with E-state index in [-0.39, 0.29) is 11.2 Å². The number of carbonyl (C=O) groups is 1. The van der Waals surface area contributed by atoms with Gasteiger partial charge in [-0.15, -0.1) is 0 Å². The number of allylic oxidation sites excluding steroid dienone is 8. The molecule has 2 heteroatoms. The van der Waals surface area contributed by atoms with Crippen LogP contribution in [0.1, 0.15) is 53.2 Å². The third-order valence-corrected chi connectivity index (χ3v) is 14.6. The van der Waals surface area contributed by atoms with E-state index in [9.17, 15) is 0 Å². The first-order valence-electron chi connectivity index (χ1n) is 22.3. The molecule has 0 saturated carbocycles. The highest BCUT2D eigenvalue weighted by Crippen LogP contribution is 2.52. The van der Waals surface area contributed by atoms with Crippen LogP contribution in [-0.4, -0.2) is 10.4 Å². The van der Waals surface area contributed by atoms with Crippen LogP contribution in [0, 0.1) is 5.92 Å². The molecule has 3 aliphatic carbocycles. The molecule has 0 bridgehead atoms. The smallest absolute Gasteiger partial charge is 0.174 e. The van der Waals surface area contributed by atoms with Gasteiger partial charge in [0.2, 0.25) is 0 Å². The van der Waals surface area contributed by atoms with E-state index in [1.165, 1.54) is 81.8 Å². The topological polar surface area (TPSA) is 22.0 Å². The highest BCUT2D eigenvalue weighted by atomic mass is 16.1. The van der Waals surface area contributed by atoms with Crippen molar-refractivity contribution in [1.82, 2.24) is 4.57 Å². The zero-order valence-electron chi connectivity index (χ0n) is 35.3. The van der Waals surface area contributed by atoms with E-state index in [1.54, 1.807) is 0 Å². The van der Waals surface area contributed by atoms with Crippen LogP contribution in [-0.2, 0) is 5.41 Å². The Labute approximate surface area is 366 Å². The molecule has 10 aromatic rings. The highest BCUT2D eigenvalue weighted by Gasteiger charge is 2.36. The van der Waals surface area contributed by atoms with Crippen molar-refractivity contribution in [3.05, 3.63) is 234 Å². The van der Waals surface area contributed by atoms with E-state index >= 15 is 4.79 Å². The van der Waals surface area contributed by atoms with Gasteiger partial charge in [-0.2, -0.15) is 0 Å². The van der Waals surface area contributed by atoms with Gasteiger partial charge < -0.3 is 4.57 Å². The second kappa shape index (κ2) is 13.5. The molecule has 2 unspecified atom stereocenters. The van der Waals surface area contributed by atoms with Gasteiger partial charge >= 0.3 is 0 Å². The first-order valence-corrected chi connectivity index (χ1v) is 22.3. The number of rotatable bonds is 5. The summed E-state index contributed by atoms with van der Waals surface area (Å²) >= 11 is 0. The Morgan fingerprint density at radius 3 is 2.00 bits per heavy atom. The van der Waals surface area contributed by atoms with Crippen molar-refractivity contribution in [1.29, 1.82) is 0 Å². The molecular weight excluding hydrogens is 763 g/mol. The van der Waals surface area contributed by atoms with Gasteiger partial charge in [0.15, 0.2) is 5.78 Å². The zero-order valence-corrected chi connectivity index (χ0v) is 35.3. The average molecular weight is 806 g/mol. The fourth-order valence-electron chi connectivity index (χ4n) is 11.4. The van der Waals surface area contributed by atoms with Crippen molar-refractivity contribution in [3.63, 3.8) is 0 Å². The third kappa shape index (κ3) is 5.34. The Balaban J connectivity index is 1.02. The summed E-state index contributed by atoms with van der Waals surface area (Å²) in [5.41, 5.74) is 12.6. The number of hydrogen-bond acceptors (Lipinski definition) is 1. The van der Waals surface area contributed by atoms with Crippen molar-refractivity contribution < 1.29 is 4.79 Å². The summed E-state index contributed by atoms with van der Waals surface area (Å²) in [6.45, 7) is 4.71. The maximum Gasteiger partial charge on any atom is 0.174 e. The van der Waals surface area contributed by atoms with E-state index in [4.69, 9.17) is 0 Å². The van der Waals surface area contributed by atoms with E-state index in [0.717, 1.165) is 34.1 Å². The Morgan fingerprint density at radius 1 is 0.571 bits per heavy atom. The van der Waals surface area contributed by atoms with Crippen molar-refractivity contribution in [2.24, 2.45) is 5.92 Å². The Hall–Kier alpha value is -7.55. The molecule has 3 aliphatic rings. The summed E-state index contributed by atoms with van der Waals surface area (Å²) in [5, 5.41) is 12.3. The standard InChI is InChI=1S/C61H43NO/c1-61(2)55-22-12-11-21-49(55)52-34-54-53-33-50-47-19-9-7-17-45(47)46-18-8-10-20-48(46)51(50)35-57(53)62(58(54)36-56(52)61)44-29-27-39(28-30-44)60(63)59(42-25-23-37-13-3-5-15-40(37)31-42)43-26-24-38-14-4-6-16-41(38)32-43/h3-23,25-36,38,59H,24H2,1-2H3. The summed E-state index contributed by atoms with van der Waals surface area (Å²) in [6.07, 6.45) is 14.1. The molecule has 0 radical (unpaired) electrons. The van der Waals surface area contributed by atoms with Crippen LogP contribution in [0.3, 0.4) is 0 Å². The van der Waals surface area contributed by atoms with Crippen LogP contribution in [0.4, 0.5) is 0 Å². The van der Waals surface area contributed by atoms with Crippen molar-refractivity contribution in [2.45, 2.75) is 31.6 Å². The molecule has 1 heterocycles. The normalized spacial score (nSPS) is 16.7. The zero-order chi connectivity index (χ0) is 42.0. The SMILES string of the molecule is CC1(C)c2ccccc2-c2cc3c4cc5c6ccccc6c6ccccc6c5cc4n(-c4ccc(C(=O)C(C5=CCC6C=CC=CC6=C5)c5ccc6ccccc6c5)cc4)c3cc21. The number of nitrogens with zero attached hydrogens (tertiary/aromatic N) is 1. The van der Waals surface area contributed by atoms with Gasteiger partial charge in [0.1, 0.15) is 0 Å². The minimum Gasteiger partial charge on any atom is -0.309 e. The van der Waals surface area contributed by atoms with E-state index in [1.807, 2.05) is 0 Å². The average Bonchev–Trinajstić information content (AvgIpc) is 3.76. The van der Waals surface area contributed by atoms with Crippen molar-refractivity contribution >= 4 is 70.7 Å². The number of aromatic nitrogens is 1. The van der Waals surface area contributed by atoms with Gasteiger partial charge in [-0.25, -0.2) is 0 Å². The maximum absolute atomic E-state index is 15.1. The van der Waals surface area contributed by atoms with Crippen LogP contribution in [0.15, 0.2) is 211 Å². The Kier molecular flexibility index (Phi) is 7.73. The molecule has 0 N–H and O–H groups in total. The summed E-state index contributed by atoms with van der Waals surface area (Å²) in [7, 11) is 0. The summed E-state index contributed by atoms with van der Waals surface area (Å²) < 4.78 is 2.44. The minimum atomic E-state index is -0.428. The van der Waals surface area contributed by atoms with Gasteiger partial charge in [-0.1, -0.05) is 166 Å². The van der Waals surface area contributed by atoms with Crippen molar-refractivity contribution in [3.8, 4) is 16.8 Å². The predicted octanol–water partition coefficient (Wildman–Crippen LogP) is 15.7. The maximum atomic E-state index is 15.1. The number of hydrogen-bond donors (Lipinski definition) is 0. The van der Waals surface area contributed by atoms with Gasteiger partial charge in [-0.05, 0) is 137 Å². The number of Topliss-reactive ketones (excluding diaryl/α,β-unsaturated/α-hetero) is 1. The van der Waals surface area contributed by atoms with E-state index < -0.39 is 5.92 Å². The fraction of sp³-hybridized carbons (Fsp3) is 0.0984. The van der Waals surface area contributed by atoms with Crippen LogP contribution >= 0.6 is 0 Å². The molecule has 2 nitrogen and oxygen atoms in total. The fourth-order valence-corrected chi connectivity index (χ4v) is 11.4. The van der Waals surface area contributed by atoms with E-state index in [2.05, 4.69) is 219 Å². The molecule has 0 fully saturated rings. The number of fused-ring (bicyclic) bond motifs is 14. The largest absolute Gasteiger partial charge is 0.309 e. The number of benzene rings is 9. The predicted molar refractivity (Wildman–Crippen MR) is 264 cm³/mol. The Bertz CT molecular complexity index is 3750. The highest BCUT2D eigenvalue weighted by molar-refractivity contribution is 6.29. The van der Waals surface area contributed by atoms with Gasteiger partial charge in [0.25, 0.3) is 0 Å². The molecule has 9 aromatic carbocycles. The summed E-state index contributed by atoms with van der Waals surface area (Å²) in [4.78, 5) is 15.1. The summed E-state index contributed by atoms with van der Waals surface area (Å²) in [6, 6.07) is 59.7. The van der Waals surface area contributed by atoms with Gasteiger partial charge in [0, 0.05) is 33.4 Å². The van der Waals surface area contributed by atoms with E-state index in [0.29, 0.717) is 11.5 Å². The molecule has 2 atom stereocenters. The second-order valence-electron chi connectivity index (χ2n) is 18.3. The molecule has 13 rings (SSSR count). The number of ketones is 1. The lowest BCUT2D eigenvalue weighted by molar-refractivity contribution is 0.0973. The minimum absolute atomic E-state index is 0.109. The monoisotopic (exact) mass is 805 g/mol. The van der Waals surface area contributed by atoms with Gasteiger partial charge in [-0.3, -0.25) is 4.79 Å². The van der Waals surface area contributed by atoms with Crippen LogP contribution in [0.5, 0.6) is 0 Å². The molecule has 0 saturated heterocycles. The summed E-state index contributed by atoms with van der Waals surface area (Å²) in [5.74, 6) is 0.0337. The number of carbonyl (C=O) groups excluding carboxylic acids is 1. The molecule has 0 amide bonds. The molecule has 63 heavy (non-hydrogen) atoms. The molecule has 1 aromatic heterocycles. The van der Waals surface area contributed by atoms with Crippen molar-refractivity contribution in [2.75, 3.05) is 0 Å².